The number of piperidine rings is 1. The fourth-order valence-corrected chi connectivity index (χ4v) is 6.49. The molecule has 1 unspecified atom stereocenters. The zero-order valence-electron chi connectivity index (χ0n) is 22.6. The van der Waals surface area contributed by atoms with Gasteiger partial charge in [-0.05, 0) is 48.4 Å². The van der Waals surface area contributed by atoms with Gasteiger partial charge in [0.15, 0.2) is 0 Å². The van der Waals surface area contributed by atoms with Crippen LogP contribution in [0.1, 0.15) is 43.4 Å². The highest BCUT2D eigenvalue weighted by atomic mass is 32.2. The Kier molecular flexibility index (Phi) is 8.45. The van der Waals surface area contributed by atoms with E-state index in [-0.39, 0.29) is 18.5 Å². The number of nitrogens with one attached hydrogen (secondary N) is 3. The summed E-state index contributed by atoms with van der Waals surface area (Å²) in [5.74, 6) is -1.16. The van der Waals surface area contributed by atoms with Crippen molar-refractivity contribution >= 4 is 38.4 Å². The van der Waals surface area contributed by atoms with E-state index in [4.69, 9.17) is 21.3 Å². The summed E-state index contributed by atoms with van der Waals surface area (Å²) in [5, 5.41) is 27.4. The van der Waals surface area contributed by atoms with Crippen LogP contribution in [0.4, 0.5) is 0 Å². The number of hydrogen-bond acceptors (Lipinski definition) is 6. The number of fused-ring (bicyclic) bond motifs is 1. The van der Waals surface area contributed by atoms with E-state index in [9.17, 15) is 18.3 Å². The van der Waals surface area contributed by atoms with Gasteiger partial charge in [-0.1, -0.05) is 42.5 Å². The SMILES string of the molecule is CC(=N)N1CCC(Oc2ccccc2C(C)(CS(=O)(=O)NCc2ccc3ccc(C(=N)N)cc3c2)C(=O)O)CC1. The van der Waals surface area contributed by atoms with Gasteiger partial charge >= 0.3 is 5.97 Å². The first-order valence-electron chi connectivity index (χ1n) is 13.0. The van der Waals surface area contributed by atoms with Crippen molar-refractivity contribution in [2.75, 3.05) is 18.8 Å². The number of ether oxygens (including phenoxy) is 1. The molecule has 1 fully saturated rings. The quantitative estimate of drug-likeness (QED) is 0.185. The Bertz CT molecular complexity index is 1550. The highest BCUT2D eigenvalue weighted by molar-refractivity contribution is 7.89. The monoisotopic (exact) mass is 565 g/mol. The molecule has 1 atom stereocenters. The maximum Gasteiger partial charge on any atom is 0.315 e. The number of sulfonamides is 1. The van der Waals surface area contributed by atoms with Crippen molar-refractivity contribution in [3.63, 3.8) is 0 Å². The lowest BCUT2D eigenvalue weighted by Crippen LogP contribution is -2.44. The third-order valence-corrected chi connectivity index (χ3v) is 8.90. The molecule has 0 saturated carbocycles. The van der Waals surface area contributed by atoms with E-state index < -0.39 is 27.2 Å². The predicted molar refractivity (Wildman–Crippen MR) is 156 cm³/mol. The summed E-state index contributed by atoms with van der Waals surface area (Å²) < 4.78 is 35.2. The molecule has 3 aromatic carbocycles. The fraction of sp³-hybridized carbons (Fsp3) is 0.345. The minimum absolute atomic E-state index is 0.0264. The predicted octanol–water partition coefficient (Wildman–Crippen LogP) is 3.43. The van der Waals surface area contributed by atoms with Crippen LogP contribution in [-0.2, 0) is 26.8 Å². The molecule has 1 heterocycles. The van der Waals surface area contributed by atoms with E-state index in [1.54, 1.807) is 49.4 Å². The van der Waals surface area contributed by atoms with Gasteiger partial charge in [0, 0.05) is 43.6 Å². The van der Waals surface area contributed by atoms with Gasteiger partial charge in [-0.15, -0.1) is 0 Å². The van der Waals surface area contributed by atoms with Gasteiger partial charge in [0.1, 0.15) is 23.1 Å². The Labute approximate surface area is 234 Å². The molecular formula is C29H35N5O5S. The molecule has 0 amide bonds. The number of carboxylic acids is 1. The molecule has 0 radical (unpaired) electrons. The number of hydrogen-bond donors (Lipinski definition) is 5. The van der Waals surface area contributed by atoms with Gasteiger partial charge in [0.2, 0.25) is 10.0 Å². The van der Waals surface area contributed by atoms with Crippen molar-refractivity contribution in [1.29, 1.82) is 10.8 Å². The summed E-state index contributed by atoms with van der Waals surface area (Å²) in [6.07, 6.45) is 1.18. The highest BCUT2D eigenvalue weighted by Gasteiger charge is 2.42. The van der Waals surface area contributed by atoms with E-state index in [2.05, 4.69) is 4.72 Å². The zero-order chi connectivity index (χ0) is 29.1. The molecule has 1 aliphatic heterocycles. The lowest BCUT2D eigenvalue weighted by Gasteiger charge is -2.34. The van der Waals surface area contributed by atoms with Crippen LogP contribution in [-0.4, -0.2) is 61.0 Å². The van der Waals surface area contributed by atoms with Crippen molar-refractivity contribution in [3.05, 3.63) is 77.4 Å². The van der Waals surface area contributed by atoms with Crippen LogP contribution in [0.3, 0.4) is 0 Å². The maximum atomic E-state index is 13.2. The van der Waals surface area contributed by atoms with Crippen LogP contribution in [0.25, 0.3) is 10.8 Å². The summed E-state index contributed by atoms with van der Waals surface area (Å²) in [6, 6.07) is 17.5. The molecule has 10 nitrogen and oxygen atoms in total. The van der Waals surface area contributed by atoms with Gasteiger partial charge in [-0.25, -0.2) is 13.1 Å². The zero-order valence-corrected chi connectivity index (χ0v) is 23.4. The Morgan fingerprint density at radius 1 is 1.10 bits per heavy atom. The number of nitrogen functional groups attached to an aromatic ring is 1. The molecule has 0 bridgehead atoms. The number of para-hydroxylation sites is 1. The standard InChI is InChI=1S/C29H35N5O5S/c1-19(30)34-13-11-24(12-14-34)39-26-6-4-3-5-25(26)29(2,28(35)36)18-40(37,38)33-17-20-7-8-21-9-10-22(27(31)32)16-23(21)15-20/h3-10,15-16,24,30,33H,11-14,17-18H2,1-2H3,(H3,31,32)(H,35,36). The summed E-state index contributed by atoms with van der Waals surface area (Å²) >= 11 is 0. The Balaban J connectivity index is 1.51. The number of nitrogens with two attached hydrogens (primary N) is 1. The Morgan fingerprint density at radius 2 is 1.77 bits per heavy atom. The smallest absolute Gasteiger partial charge is 0.315 e. The second-order valence-corrected chi connectivity index (χ2v) is 12.2. The van der Waals surface area contributed by atoms with Crippen molar-refractivity contribution < 1.29 is 23.1 Å². The maximum absolute atomic E-state index is 13.2. The summed E-state index contributed by atoms with van der Waals surface area (Å²) in [7, 11) is -4.04. The van der Waals surface area contributed by atoms with Crippen molar-refractivity contribution in [2.45, 2.75) is 44.8 Å². The lowest BCUT2D eigenvalue weighted by atomic mass is 9.84. The number of amidine groups is 2. The molecule has 1 saturated heterocycles. The molecular weight excluding hydrogens is 530 g/mol. The molecule has 6 N–H and O–H groups in total. The average molecular weight is 566 g/mol. The van der Waals surface area contributed by atoms with E-state index in [0.29, 0.717) is 54.2 Å². The van der Waals surface area contributed by atoms with Crippen LogP contribution < -0.4 is 15.2 Å². The number of aliphatic carboxylic acids is 1. The van der Waals surface area contributed by atoms with Gasteiger partial charge < -0.3 is 20.5 Å². The van der Waals surface area contributed by atoms with E-state index in [0.717, 1.165) is 10.8 Å². The molecule has 3 aromatic rings. The first-order valence-corrected chi connectivity index (χ1v) is 14.7. The number of carbonyl (C=O) groups is 1. The molecule has 212 valence electrons. The van der Waals surface area contributed by atoms with Crippen molar-refractivity contribution in [1.82, 2.24) is 9.62 Å². The van der Waals surface area contributed by atoms with Gasteiger partial charge in [0.05, 0.1) is 11.6 Å². The van der Waals surface area contributed by atoms with Gasteiger partial charge in [-0.3, -0.25) is 15.6 Å². The molecule has 0 aromatic heterocycles. The van der Waals surface area contributed by atoms with Crippen molar-refractivity contribution in [2.24, 2.45) is 5.73 Å². The van der Waals surface area contributed by atoms with Crippen molar-refractivity contribution in [3.8, 4) is 5.75 Å². The third-order valence-electron chi connectivity index (χ3n) is 7.35. The minimum atomic E-state index is -4.04. The van der Waals surface area contributed by atoms with E-state index >= 15 is 0 Å². The van der Waals surface area contributed by atoms with Crippen LogP contribution in [0.15, 0.2) is 60.7 Å². The normalized spacial score (nSPS) is 15.9. The molecule has 1 aliphatic rings. The third kappa shape index (κ3) is 6.60. The largest absolute Gasteiger partial charge is 0.490 e. The minimum Gasteiger partial charge on any atom is -0.490 e. The number of benzene rings is 3. The Hall–Kier alpha value is -3.96. The first kappa shape index (κ1) is 29.0. The summed E-state index contributed by atoms with van der Waals surface area (Å²) in [5.41, 5.74) is 5.37. The summed E-state index contributed by atoms with van der Waals surface area (Å²) in [6.45, 7) is 4.45. The molecule has 0 aliphatic carbocycles. The number of carboxylic acid groups (broad SMARTS) is 1. The van der Waals surface area contributed by atoms with E-state index in [1.807, 2.05) is 23.1 Å². The van der Waals surface area contributed by atoms with Gasteiger partial charge in [0.25, 0.3) is 0 Å². The average Bonchev–Trinajstić information content (AvgIpc) is 2.91. The Morgan fingerprint density at radius 3 is 2.42 bits per heavy atom. The lowest BCUT2D eigenvalue weighted by molar-refractivity contribution is -0.142. The van der Waals surface area contributed by atoms with Crippen LogP contribution >= 0.6 is 0 Å². The topological polar surface area (TPSA) is 170 Å². The molecule has 40 heavy (non-hydrogen) atoms. The second-order valence-electron chi connectivity index (χ2n) is 10.4. The molecule has 0 spiro atoms. The molecule has 11 heteroatoms. The van der Waals surface area contributed by atoms with Crippen LogP contribution in [0, 0.1) is 10.8 Å². The second kappa shape index (κ2) is 11.6. The number of likely N-dealkylation sites (tertiary alicyclic amines) is 1. The number of nitrogens with zero attached hydrogens (tertiary/aromatic N) is 1. The fourth-order valence-electron chi connectivity index (χ4n) is 4.97. The highest BCUT2D eigenvalue weighted by Crippen LogP contribution is 2.35. The summed E-state index contributed by atoms with van der Waals surface area (Å²) in [4.78, 5) is 14.5. The van der Waals surface area contributed by atoms with Crippen LogP contribution in [0.5, 0.6) is 5.75 Å². The van der Waals surface area contributed by atoms with Gasteiger partial charge in [-0.2, -0.15) is 0 Å². The molecule has 4 rings (SSSR count). The first-order chi connectivity index (χ1) is 18.9. The number of rotatable bonds is 10. The van der Waals surface area contributed by atoms with Crippen LogP contribution in [0.2, 0.25) is 0 Å². The van der Waals surface area contributed by atoms with E-state index in [1.165, 1.54) is 6.92 Å².